The molecule has 1 N–H and O–H groups in total. The van der Waals surface area contributed by atoms with E-state index in [1.807, 2.05) is 36.4 Å². The summed E-state index contributed by atoms with van der Waals surface area (Å²) in [5.41, 5.74) is 0. The van der Waals surface area contributed by atoms with Gasteiger partial charge in [0.05, 0.1) is 0 Å². The molecule has 0 saturated carbocycles. The molecule has 8 heteroatoms. The third-order valence-corrected chi connectivity index (χ3v) is 2.53. The summed E-state index contributed by atoms with van der Waals surface area (Å²) in [5, 5.41) is 9.32. The van der Waals surface area contributed by atoms with Crippen LogP contribution in [0.15, 0.2) is 42.5 Å². The minimum atomic E-state index is -5.08. The smallest absolute Gasteiger partial charge is 0.475 e. The number of amides is 1. The van der Waals surface area contributed by atoms with Crippen molar-refractivity contribution in [1.82, 2.24) is 4.90 Å². The molecule has 2 rings (SSSR count). The van der Waals surface area contributed by atoms with Crippen molar-refractivity contribution in [2.24, 2.45) is 0 Å². The fourth-order valence-electron chi connectivity index (χ4n) is 1.42. The molecule has 0 aliphatic heterocycles. The van der Waals surface area contributed by atoms with Gasteiger partial charge >= 0.3 is 18.2 Å². The number of rotatable bonds is 1. The first-order valence-electron chi connectivity index (χ1n) is 6.29. The van der Waals surface area contributed by atoms with Gasteiger partial charge in [0.25, 0.3) is 0 Å². The number of hydrogen-bond acceptors (Lipinski definition) is 3. The summed E-state index contributed by atoms with van der Waals surface area (Å²) in [4.78, 5) is 21.6. The molecule has 0 bridgehead atoms. The number of aliphatic carboxylic acids is 1. The molecular formula is C15H14F3NO4. The molecule has 0 aliphatic carbocycles. The Hall–Kier alpha value is -2.77. The lowest BCUT2D eigenvalue weighted by molar-refractivity contribution is -0.192. The third kappa shape index (κ3) is 5.85. The quantitative estimate of drug-likeness (QED) is 0.869. The van der Waals surface area contributed by atoms with E-state index in [-0.39, 0.29) is 6.09 Å². The van der Waals surface area contributed by atoms with Crippen LogP contribution < -0.4 is 4.74 Å². The van der Waals surface area contributed by atoms with Crippen molar-refractivity contribution in [3.63, 3.8) is 0 Å². The number of nitrogens with zero attached hydrogens (tertiary/aromatic N) is 1. The molecule has 5 nitrogen and oxygen atoms in total. The monoisotopic (exact) mass is 329 g/mol. The number of carbonyl (C=O) groups is 2. The Balaban J connectivity index is 0.000000322. The number of halogens is 3. The lowest BCUT2D eigenvalue weighted by atomic mass is 10.1. The molecule has 0 spiro atoms. The van der Waals surface area contributed by atoms with Crippen molar-refractivity contribution in [3.8, 4) is 5.75 Å². The molecule has 23 heavy (non-hydrogen) atoms. The van der Waals surface area contributed by atoms with Crippen LogP contribution in [0.5, 0.6) is 5.75 Å². The van der Waals surface area contributed by atoms with Crippen molar-refractivity contribution in [2.45, 2.75) is 6.18 Å². The summed E-state index contributed by atoms with van der Waals surface area (Å²) in [5.74, 6) is -2.19. The van der Waals surface area contributed by atoms with Crippen LogP contribution in [0.2, 0.25) is 0 Å². The number of carbonyl (C=O) groups excluding carboxylic acids is 1. The average molecular weight is 329 g/mol. The number of ether oxygens (including phenoxy) is 1. The van der Waals surface area contributed by atoms with E-state index in [1.54, 1.807) is 20.2 Å². The Morgan fingerprint density at radius 2 is 1.57 bits per heavy atom. The number of benzene rings is 2. The van der Waals surface area contributed by atoms with Gasteiger partial charge in [0.1, 0.15) is 5.75 Å². The second-order valence-electron chi connectivity index (χ2n) is 4.57. The second kappa shape index (κ2) is 7.48. The van der Waals surface area contributed by atoms with Gasteiger partial charge in [-0.25, -0.2) is 9.59 Å². The van der Waals surface area contributed by atoms with Crippen LogP contribution in [0.3, 0.4) is 0 Å². The van der Waals surface area contributed by atoms with Crippen LogP contribution >= 0.6 is 0 Å². The highest BCUT2D eigenvalue weighted by Gasteiger charge is 2.38. The molecular weight excluding hydrogens is 315 g/mol. The summed E-state index contributed by atoms with van der Waals surface area (Å²) < 4.78 is 36.9. The van der Waals surface area contributed by atoms with Gasteiger partial charge in [0.2, 0.25) is 0 Å². The first-order chi connectivity index (χ1) is 10.6. The maximum Gasteiger partial charge on any atom is 0.490 e. The second-order valence-corrected chi connectivity index (χ2v) is 4.57. The average Bonchev–Trinajstić information content (AvgIpc) is 2.46. The van der Waals surface area contributed by atoms with Gasteiger partial charge in [0.15, 0.2) is 0 Å². The van der Waals surface area contributed by atoms with E-state index in [4.69, 9.17) is 14.6 Å². The van der Waals surface area contributed by atoms with E-state index in [0.29, 0.717) is 5.75 Å². The molecule has 2 aromatic rings. The number of carboxylic acids is 1. The van der Waals surface area contributed by atoms with Crippen LogP contribution in [-0.4, -0.2) is 42.3 Å². The lowest BCUT2D eigenvalue weighted by Crippen LogP contribution is -2.25. The van der Waals surface area contributed by atoms with Gasteiger partial charge in [0, 0.05) is 14.1 Å². The minimum Gasteiger partial charge on any atom is -0.475 e. The standard InChI is InChI=1S/C13H13NO2.C2HF3O2/c1-14(2)13(15)16-12-8-7-10-5-3-4-6-11(10)9-12;3-2(4,5)1(6)7/h3-9H,1-2H3;(H,6,7). The van der Waals surface area contributed by atoms with Gasteiger partial charge in [-0.15, -0.1) is 0 Å². The van der Waals surface area contributed by atoms with E-state index in [1.165, 1.54) is 4.90 Å². The molecule has 0 atom stereocenters. The van der Waals surface area contributed by atoms with Gasteiger partial charge in [-0.3, -0.25) is 0 Å². The van der Waals surface area contributed by atoms with Crippen molar-refractivity contribution in [2.75, 3.05) is 14.1 Å². The highest BCUT2D eigenvalue weighted by molar-refractivity contribution is 5.84. The molecule has 1 amide bonds. The molecule has 2 aromatic carbocycles. The van der Waals surface area contributed by atoms with E-state index in [2.05, 4.69) is 0 Å². The van der Waals surface area contributed by atoms with Crippen molar-refractivity contribution in [1.29, 1.82) is 0 Å². The maximum absolute atomic E-state index is 11.4. The number of fused-ring (bicyclic) bond motifs is 1. The predicted octanol–water partition coefficient (Wildman–Crippen LogP) is 3.53. The van der Waals surface area contributed by atoms with E-state index < -0.39 is 12.1 Å². The first kappa shape index (κ1) is 18.3. The van der Waals surface area contributed by atoms with Gasteiger partial charge in [-0.05, 0) is 22.9 Å². The van der Waals surface area contributed by atoms with Gasteiger partial charge in [-0.2, -0.15) is 13.2 Å². The van der Waals surface area contributed by atoms with Crippen LogP contribution in [0.25, 0.3) is 10.8 Å². The zero-order valence-corrected chi connectivity index (χ0v) is 12.3. The Bertz CT molecular complexity index is 698. The van der Waals surface area contributed by atoms with Crippen LogP contribution in [0, 0.1) is 0 Å². The molecule has 0 aromatic heterocycles. The lowest BCUT2D eigenvalue weighted by Gasteiger charge is -2.10. The number of alkyl halides is 3. The Morgan fingerprint density at radius 3 is 2.04 bits per heavy atom. The molecule has 0 aliphatic rings. The van der Waals surface area contributed by atoms with E-state index in [9.17, 15) is 18.0 Å². The maximum atomic E-state index is 11.4. The fourth-order valence-corrected chi connectivity index (χ4v) is 1.42. The largest absolute Gasteiger partial charge is 0.490 e. The minimum absolute atomic E-state index is 0.365. The Kier molecular flexibility index (Phi) is 5.94. The normalized spacial score (nSPS) is 10.5. The molecule has 0 heterocycles. The predicted molar refractivity (Wildman–Crippen MR) is 77.3 cm³/mol. The fraction of sp³-hybridized carbons (Fsp3) is 0.200. The summed E-state index contributed by atoms with van der Waals surface area (Å²) in [6, 6.07) is 13.5. The van der Waals surface area contributed by atoms with Crippen molar-refractivity contribution >= 4 is 22.8 Å². The van der Waals surface area contributed by atoms with E-state index >= 15 is 0 Å². The van der Waals surface area contributed by atoms with Crippen molar-refractivity contribution in [3.05, 3.63) is 42.5 Å². The molecule has 124 valence electrons. The number of carboxylic acid groups (broad SMARTS) is 1. The Labute approximate surface area is 129 Å². The summed E-state index contributed by atoms with van der Waals surface area (Å²) in [7, 11) is 3.31. The molecule has 0 unspecified atom stereocenters. The zero-order chi connectivity index (χ0) is 17.6. The van der Waals surface area contributed by atoms with Crippen molar-refractivity contribution < 1.29 is 32.6 Å². The molecule has 0 saturated heterocycles. The van der Waals surface area contributed by atoms with Gasteiger partial charge < -0.3 is 14.7 Å². The first-order valence-corrected chi connectivity index (χ1v) is 6.29. The SMILES string of the molecule is CN(C)C(=O)Oc1ccc2ccccc2c1.O=C(O)C(F)(F)F. The summed E-state index contributed by atoms with van der Waals surface area (Å²) in [6.07, 6.45) is -5.45. The van der Waals surface area contributed by atoms with Gasteiger partial charge in [-0.1, -0.05) is 30.3 Å². The Morgan fingerprint density at radius 1 is 1.04 bits per heavy atom. The molecule has 0 fully saturated rings. The highest BCUT2D eigenvalue weighted by Crippen LogP contribution is 2.20. The topological polar surface area (TPSA) is 66.8 Å². The zero-order valence-electron chi connectivity index (χ0n) is 12.3. The van der Waals surface area contributed by atoms with E-state index in [0.717, 1.165) is 10.8 Å². The van der Waals surface area contributed by atoms with Crippen LogP contribution in [0.1, 0.15) is 0 Å². The highest BCUT2D eigenvalue weighted by atomic mass is 19.4. The summed E-state index contributed by atoms with van der Waals surface area (Å²) in [6.45, 7) is 0. The molecule has 0 radical (unpaired) electrons. The van der Waals surface area contributed by atoms with Crippen LogP contribution in [-0.2, 0) is 4.79 Å². The summed E-state index contributed by atoms with van der Waals surface area (Å²) >= 11 is 0. The number of hydrogen-bond donors (Lipinski definition) is 1. The van der Waals surface area contributed by atoms with Crippen LogP contribution in [0.4, 0.5) is 18.0 Å². The third-order valence-electron chi connectivity index (χ3n) is 2.53.